The molecule has 2 N–H and O–H groups in total. The number of pyridine rings is 1. The van der Waals surface area contributed by atoms with Gasteiger partial charge in [0, 0.05) is 23.9 Å². The van der Waals surface area contributed by atoms with Crippen LogP contribution in [0.2, 0.25) is 0 Å². The Morgan fingerprint density at radius 3 is 2.68 bits per heavy atom. The van der Waals surface area contributed by atoms with Gasteiger partial charge in [-0.25, -0.2) is 13.8 Å². The predicted octanol–water partition coefficient (Wildman–Crippen LogP) is 1.59. The molecule has 0 spiro atoms. The second-order valence-electron chi connectivity index (χ2n) is 3.67. The van der Waals surface area contributed by atoms with Crippen LogP contribution < -0.4 is 10.5 Å². The van der Waals surface area contributed by atoms with E-state index in [1.54, 1.807) is 6.92 Å². The summed E-state index contributed by atoms with van der Waals surface area (Å²) in [5.74, 6) is -0.626. The van der Waals surface area contributed by atoms with Gasteiger partial charge in [0.15, 0.2) is 0 Å². The number of hydrogen-bond acceptors (Lipinski definition) is 5. The van der Waals surface area contributed by atoms with Crippen molar-refractivity contribution < 1.29 is 23.0 Å². The second-order valence-corrected chi connectivity index (χ2v) is 3.67. The molecule has 1 rings (SSSR count). The zero-order valence-corrected chi connectivity index (χ0v) is 10.8. The van der Waals surface area contributed by atoms with E-state index in [9.17, 15) is 13.6 Å². The highest BCUT2D eigenvalue weighted by Gasteiger charge is 2.24. The number of halogens is 2. The summed E-state index contributed by atoms with van der Waals surface area (Å²) in [6.45, 7) is 1.72. The van der Waals surface area contributed by atoms with Gasteiger partial charge in [-0.3, -0.25) is 4.79 Å². The van der Waals surface area contributed by atoms with Gasteiger partial charge in [-0.2, -0.15) is 0 Å². The van der Waals surface area contributed by atoms with Crippen LogP contribution in [0.15, 0.2) is 6.20 Å². The molecule has 0 aromatic carbocycles. The maximum atomic E-state index is 13.1. The van der Waals surface area contributed by atoms with E-state index in [0.717, 1.165) is 0 Å². The summed E-state index contributed by atoms with van der Waals surface area (Å²) in [7, 11) is 1.30. The van der Waals surface area contributed by atoms with Crippen molar-refractivity contribution in [1.29, 1.82) is 0 Å². The van der Waals surface area contributed by atoms with Crippen LogP contribution in [0, 0.1) is 0 Å². The van der Waals surface area contributed by atoms with E-state index in [4.69, 9.17) is 15.2 Å². The Bertz CT molecular complexity index is 453. The molecule has 7 heteroatoms. The predicted molar refractivity (Wildman–Crippen MR) is 64.0 cm³/mol. The van der Waals surface area contributed by atoms with Gasteiger partial charge in [0.25, 0.3) is 6.43 Å². The third kappa shape index (κ3) is 3.60. The number of nitrogens with zero attached hydrogens (tertiary/aromatic N) is 1. The fraction of sp³-hybridized carbons (Fsp3) is 0.500. The topological polar surface area (TPSA) is 74.4 Å². The maximum absolute atomic E-state index is 13.1. The van der Waals surface area contributed by atoms with Crippen LogP contribution in [0.1, 0.15) is 30.0 Å². The Labute approximate surface area is 109 Å². The number of esters is 1. The molecule has 1 aromatic heterocycles. The van der Waals surface area contributed by atoms with Crippen LogP contribution in [0.3, 0.4) is 0 Å². The van der Waals surface area contributed by atoms with Crippen LogP contribution in [0.5, 0.6) is 5.88 Å². The third-order valence-electron chi connectivity index (χ3n) is 2.52. The number of carbonyl (C=O) groups excluding carboxylic acids is 1. The molecule has 0 atom stereocenters. The minimum atomic E-state index is -2.76. The third-order valence-corrected chi connectivity index (χ3v) is 2.52. The first-order chi connectivity index (χ1) is 9.04. The molecule has 0 aliphatic heterocycles. The molecule has 5 nitrogen and oxygen atoms in total. The zero-order valence-electron chi connectivity index (χ0n) is 10.8. The van der Waals surface area contributed by atoms with E-state index in [2.05, 4.69) is 4.98 Å². The number of nitrogens with two attached hydrogens (primary N) is 1. The van der Waals surface area contributed by atoms with Crippen LogP contribution in [-0.2, 0) is 22.5 Å². The summed E-state index contributed by atoms with van der Waals surface area (Å²) in [4.78, 5) is 15.4. The van der Waals surface area contributed by atoms with Gasteiger partial charge in [-0.05, 0) is 12.5 Å². The molecule has 0 amide bonds. The van der Waals surface area contributed by atoms with Crippen LogP contribution in [0.25, 0.3) is 0 Å². The standard InChI is InChI=1S/C12H16F2N2O3/c1-3-19-9(17)4-8-10(11(13)14)7(5-15)6-16-12(8)18-2/h6,11H,3-5,15H2,1-2H3. The summed E-state index contributed by atoms with van der Waals surface area (Å²) in [6, 6.07) is 0. The van der Waals surface area contributed by atoms with E-state index in [1.807, 2.05) is 0 Å². The van der Waals surface area contributed by atoms with Gasteiger partial charge in [0.2, 0.25) is 5.88 Å². The molecule has 0 aliphatic rings. The molecule has 0 unspecified atom stereocenters. The fourth-order valence-corrected chi connectivity index (χ4v) is 1.73. The first kappa shape index (κ1) is 15.3. The van der Waals surface area contributed by atoms with E-state index in [0.29, 0.717) is 0 Å². The Balaban J connectivity index is 3.26. The number of carbonyl (C=O) groups is 1. The smallest absolute Gasteiger partial charge is 0.310 e. The molecule has 0 saturated carbocycles. The Morgan fingerprint density at radius 1 is 1.53 bits per heavy atom. The largest absolute Gasteiger partial charge is 0.481 e. The monoisotopic (exact) mass is 274 g/mol. The summed E-state index contributed by atoms with van der Waals surface area (Å²) >= 11 is 0. The summed E-state index contributed by atoms with van der Waals surface area (Å²) < 4.78 is 36.0. The lowest BCUT2D eigenvalue weighted by atomic mass is 10.0. The fourth-order valence-electron chi connectivity index (χ4n) is 1.73. The van der Waals surface area contributed by atoms with Crippen LogP contribution in [-0.4, -0.2) is 24.7 Å². The molecule has 0 aliphatic carbocycles. The highest BCUT2D eigenvalue weighted by Crippen LogP contribution is 2.31. The minimum absolute atomic E-state index is 0.0134. The van der Waals surface area contributed by atoms with Crippen molar-refractivity contribution in [3.8, 4) is 5.88 Å². The summed E-state index contributed by atoms with van der Waals surface area (Å²) in [5.41, 5.74) is 5.32. The van der Waals surface area contributed by atoms with Crippen molar-refractivity contribution in [2.45, 2.75) is 26.3 Å². The van der Waals surface area contributed by atoms with Crippen molar-refractivity contribution in [3.63, 3.8) is 0 Å². The van der Waals surface area contributed by atoms with E-state index in [1.165, 1.54) is 13.3 Å². The first-order valence-corrected chi connectivity index (χ1v) is 5.73. The van der Waals surface area contributed by atoms with Crippen molar-refractivity contribution in [2.75, 3.05) is 13.7 Å². The van der Waals surface area contributed by atoms with Gasteiger partial charge in [-0.1, -0.05) is 0 Å². The zero-order chi connectivity index (χ0) is 14.4. The molecule has 19 heavy (non-hydrogen) atoms. The van der Waals surface area contributed by atoms with E-state index in [-0.39, 0.29) is 42.1 Å². The second kappa shape index (κ2) is 6.98. The number of ether oxygens (including phenoxy) is 2. The molecule has 1 aromatic rings. The van der Waals surface area contributed by atoms with Crippen molar-refractivity contribution in [2.24, 2.45) is 5.73 Å². The number of hydrogen-bond donors (Lipinski definition) is 1. The highest BCUT2D eigenvalue weighted by molar-refractivity contribution is 5.74. The molecule has 106 valence electrons. The van der Waals surface area contributed by atoms with Gasteiger partial charge < -0.3 is 15.2 Å². The van der Waals surface area contributed by atoms with Gasteiger partial charge in [0.1, 0.15) is 0 Å². The molecule has 0 fully saturated rings. The van der Waals surface area contributed by atoms with Gasteiger partial charge in [-0.15, -0.1) is 0 Å². The van der Waals surface area contributed by atoms with Gasteiger partial charge >= 0.3 is 5.97 Å². The molecule has 0 saturated heterocycles. The molecule has 1 heterocycles. The summed E-state index contributed by atoms with van der Waals surface area (Å²) in [6.07, 6.45) is -1.85. The van der Waals surface area contributed by atoms with Crippen molar-refractivity contribution in [3.05, 3.63) is 22.9 Å². The highest BCUT2D eigenvalue weighted by atomic mass is 19.3. The molecular formula is C12H16F2N2O3. The Kier molecular flexibility index (Phi) is 5.62. The lowest BCUT2D eigenvalue weighted by Crippen LogP contribution is -2.14. The number of methoxy groups -OCH3 is 1. The number of rotatable bonds is 6. The van der Waals surface area contributed by atoms with Crippen molar-refractivity contribution in [1.82, 2.24) is 4.98 Å². The molecule has 0 radical (unpaired) electrons. The number of alkyl halides is 2. The molecule has 0 bridgehead atoms. The Morgan fingerprint density at radius 2 is 2.21 bits per heavy atom. The SMILES string of the molecule is CCOC(=O)Cc1c(OC)ncc(CN)c1C(F)F. The van der Waals surface area contributed by atoms with E-state index >= 15 is 0 Å². The minimum Gasteiger partial charge on any atom is -0.481 e. The quantitative estimate of drug-likeness (QED) is 0.797. The normalized spacial score (nSPS) is 10.6. The molecular weight excluding hydrogens is 258 g/mol. The lowest BCUT2D eigenvalue weighted by Gasteiger charge is -2.15. The van der Waals surface area contributed by atoms with Crippen LogP contribution in [0.4, 0.5) is 8.78 Å². The van der Waals surface area contributed by atoms with Gasteiger partial charge in [0.05, 0.1) is 20.1 Å². The summed E-state index contributed by atoms with van der Waals surface area (Å²) in [5, 5.41) is 0. The average molecular weight is 274 g/mol. The van der Waals surface area contributed by atoms with E-state index < -0.39 is 12.4 Å². The van der Waals surface area contributed by atoms with Crippen LogP contribution >= 0.6 is 0 Å². The lowest BCUT2D eigenvalue weighted by molar-refractivity contribution is -0.142. The maximum Gasteiger partial charge on any atom is 0.310 e. The first-order valence-electron chi connectivity index (χ1n) is 5.73. The van der Waals surface area contributed by atoms with Crippen molar-refractivity contribution >= 4 is 5.97 Å². The Hall–Kier alpha value is -1.76. The number of aromatic nitrogens is 1. The average Bonchev–Trinajstić information content (AvgIpc) is 2.37.